The first kappa shape index (κ1) is 47.7. The maximum absolute atomic E-state index is 13.8. The summed E-state index contributed by atoms with van der Waals surface area (Å²) in [6.07, 6.45) is 0.474. The number of carbonyl (C=O) groups excluding carboxylic acids is 2. The third kappa shape index (κ3) is 6.35. The Morgan fingerprint density at radius 3 is 1.58 bits per heavy atom. The molecule has 0 saturated heterocycles. The minimum absolute atomic E-state index is 0.108. The van der Waals surface area contributed by atoms with Crippen molar-refractivity contribution in [2.45, 2.75) is 162 Å². The quantitative estimate of drug-likeness (QED) is 0.164. The Labute approximate surface area is 393 Å². The van der Waals surface area contributed by atoms with E-state index in [1.807, 2.05) is 25.3 Å². The number of ketones is 1. The highest BCUT2D eigenvalue weighted by Gasteiger charge is 2.53. The molecule has 11 nitrogen and oxygen atoms in total. The van der Waals surface area contributed by atoms with Gasteiger partial charge in [-0.1, -0.05) is 6.92 Å². The Balaban J connectivity index is 0.000000182. The van der Waals surface area contributed by atoms with Crippen molar-refractivity contribution in [1.29, 1.82) is 0 Å². The fourth-order valence-electron chi connectivity index (χ4n) is 11.4. The number of nitrogens with zero attached hydrogens (tertiary/aromatic N) is 4. The van der Waals surface area contributed by atoms with E-state index in [2.05, 4.69) is 67.5 Å². The molecule has 0 fully saturated rings. The van der Waals surface area contributed by atoms with Crippen LogP contribution in [0, 0.1) is 80.1 Å². The lowest BCUT2D eigenvalue weighted by molar-refractivity contribution is -0.169. The van der Waals surface area contributed by atoms with Gasteiger partial charge < -0.3 is 24.1 Å². The molecule has 0 amide bonds. The molecule has 9 rings (SSSR count). The molecule has 6 aromatic rings. The highest BCUT2D eigenvalue weighted by molar-refractivity contribution is 5.94. The molecule has 3 aliphatic rings. The summed E-state index contributed by atoms with van der Waals surface area (Å²) in [7, 11) is 0. The van der Waals surface area contributed by atoms with Crippen LogP contribution in [0.15, 0.2) is 21.7 Å². The van der Waals surface area contributed by atoms with E-state index in [9.17, 15) is 29.4 Å². The summed E-state index contributed by atoms with van der Waals surface area (Å²) < 4.78 is 9.00. The molecule has 11 heteroatoms. The van der Waals surface area contributed by atoms with Crippen LogP contribution in [-0.2, 0) is 51.6 Å². The Morgan fingerprint density at radius 2 is 1.13 bits per heavy atom. The first-order chi connectivity index (χ1) is 31.0. The van der Waals surface area contributed by atoms with Gasteiger partial charge in [0.2, 0.25) is 0 Å². The summed E-state index contributed by atoms with van der Waals surface area (Å²) in [5.41, 5.74) is 14.5. The van der Waals surface area contributed by atoms with E-state index in [1.54, 1.807) is 46.1 Å². The Morgan fingerprint density at radius 1 is 0.687 bits per heavy atom. The van der Waals surface area contributed by atoms with Gasteiger partial charge in [0, 0.05) is 33.0 Å². The number of hydrogen-bond acceptors (Lipinski definition) is 9. The van der Waals surface area contributed by atoms with E-state index in [0.717, 1.165) is 78.0 Å². The summed E-state index contributed by atoms with van der Waals surface area (Å²) in [5, 5.41) is 25.8. The first-order valence-electron chi connectivity index (χ1n) is 23.5. The molecule has 352 valence electrons. The summed E-state index contributed by atoms with van der Waals surface area (Å²) in [6.45, 7) is 35.0. The molecule has 0 bridgehead atoms. The van der Waals surface area contributed by atoms with E-state index >= 15 is 0 Å². The molecule has 2 N–H and O–H groups in total. The van der Waals surface area contributed by atoms with Gasteiger partial charge in [-0.2, -0.15) is 0 Å². The van der Waals surface area contributed by atoms with Crippen LogP contribution in [0.4, 0.5) is 0 Å². The van der Waals surface area contributed by atoms with Crippen molar-refractivity contribution in [3.8, 4) is 22.8 Å². The zero-order chi connectivity index (χ0) is 49.7. The predicted molar refractivity (Wildman–Crippen MR) is 265 cm³/mol. The highest BCUT2D eigenvalue weighted by atomic mass is 16.5. The lowest BCUT2D eigenvalue weighted by Gasteiger charge is -2.40. The van der Waals surface area contributed by atoms with Gasteiger partial charge in [-0.25, -0.2) is 9.97 Å². The Kier molecular flexibility index (Phi) is 10.9. The molecule has 2 aromatic carbocycles. The third-order valence-corrected chi connectivity index (χ3v) is 17.2. The Hall–Kier alpha value is -5.78. The van der Waals surface area contributed by atoms with Crippen molar-refractivity contribution in [3.63, 3.8) is 0 Å². The molecule has 0 aliphatic carbocycles. The van der Waals surface area contributed by atoms with Crippen LogP contribution >= 0.6 is 0 Å². The van der Waals surface area contributed by atoms with Gasteiger partial charge in [0.25, 0.3) is 11.1 Å². The minimum Gasteiger partial charge on any atom is -0.460 e. The summed E-state index contributed by atoms with van der Waals surface area (Å²) >= 11 is 0. The van der Waals surface area contributed by atoms with Crippen molar-refractivity contribution in [1.82, 2.24) is 19.1 Å². The monoisotopic (exact) mass is 906 g/mol. The van der Waals surface area contributed by atoms with Crippen LogP contribution in [0.5, 0.6) is 0 Å². The number of fused-ring (bicyclic) bond motifs is 9. The van der Waals surface area contributed by atoms with E-state index in [-0.39, 0.29) is 23.5 Å². The van der Waals surface area contributed by atoms with Crippen LogP contribution in [0.2, 0.25) is 0 Å². The molecule has 0 radical (unpaired) electrons. The van der Waals surface area contributed by atoms with Crippen LogP contribution in [0.25, 0.3) is 44.6 Å². The number of cyclic esters (lactones) is 1. The van der Waals surface area contributed by atoms with Gasteiger partial charge in [-0.15, -0.1) is 0 Å². The molecule has 2 atom stereocenters. The second-order valence-electron chi connectivity index (χ2n) is 21.1. The number of ether oxygens (including phenoxy) is 1. The fraction of sp³-hybridized carbons (Fsp3) is 0.464. The van der Waals surface area contributed by atoms with Gasteiger partial charge in [0.1, 0.15) is 18.0 Å². The lowest BCUT2D eigenvalue weighted by atomic mass is 9.67. The van der Waals surface area contributed by atoms with E-state index < -0.39 is 28.0 Å². The predicted octanol–water partition coefficient (Wildman–Crippen LogP) is 9.61. The maximum Gasteiger partial charge on any atom is 0.315 e. The van der Waals surface area contributed by atoms with E-state index in [1.165, 1.54) is 40.3 Å². The zero-order valence-electron chi connectivity index (χ0n) is 42.7. The molecule has 4 aromatic heterocycles. The molecule has 3 aliphatic heterocycles. The number of aromatic nitrogens is 4. The summed E-state index contributed by atoms with van der Waals surface area (Å²) in [4.78, 5) is 62.9. The van der Waals surface area contributed by atoms with E-state index in [4.69, 9.17) is 14.7 Å². The maximum atomic E-state index is 13.8. The van der Waals surface area contributed by atoms with Crippen molar-refractivity contribution in [2.75, 3.05) is 0 Å². The van der Waals surface area contributed by atoms with Crippen LogP contribution in [-0.4, -0.2) is 41.1 Å². The molecule has 2 unspecified atom stereocenters. The number of hydrogen-bond donors (Lipinski definition) is 2. The largest absolute Gasteiger partial charge is 0.460 e. The topological polar surface area (TPSA) is 154 Å². The fourth-order valence-corrected chi connectivity index (χ4v) is 11.4. The second kappa shape index (κ2) is 15.4. The molecule has 0 saturated carbocycles. The standard InChI is InChI=1S/C29H36N2O3.C27H30N2O4/c1-11-20-24(29(10,34)28(8,9)19(7)32)18(6)26-25-21(13-31(26)27(20)33)17(5)23-16(4)15(3)14(2)12-22(23)30-25;1-12-9-19-20(14(3)13(12)2)15(4)17-10-29-23(22(17)28-19)16(5)21-18(24(29)30)11-33-25(31)26(6,7)27(21,8)32/h12,34H,11,13H2,1-10H3;9,32H,10-11H2,1-8H3. The summed E-state index contributed by atoms with van der Waals surface area (Å²) in [6, 6.07) is 4.23. The molecular weight excluding hydrogens is 841 g/mol. The first-order valence-corrected chi connectivity index (χ1v) is 23.5. The number of esters is 1. The van der Waals surface area contributed by atoms with Crippen LogP contribution < -0.4 is 11.1 Å². The molecule has 7 heterocycles. The average molecular weight is 907 g/mol. The van der Waals surface area contributed by atoms with Crippen LogP contribution in [0.1, 0.15) is 144 Å². The zero-order valence-corrected chi connectivity index (χ0v) is 42.7. The number of aryl methyl sites for hydroxylation is 6. The molecule has 0 spiro atoms. The van der Waals surface area contributed by atoms with Crippen molar-refractivity contribution < 1.29 is 24.5 Å². The summed E-state index contributed by atoms with van der Waals surface area (Å²) in [5.74, 6) is -0.643. The van der Waals surface area contributed by atoms with Gasteiger partial charge in [0.15, 0.2) is 0 Å². The SMILES string of the molecule is CCc1c(C(C)(O)C(C)(C)C(C)=O)c(C)c2n(c1=O)Cc1c-2nc2cc(C)c(C)c(C)c2c1C.Cc1cc2nc3c(c(C)c2c(C)c1C)Cn1c-3c(C)c2c(c1=O)COC(=O)C(C)(C)C2(C)O. The van der Waals surface area contributed by atoms with E-state index in [0.29, 0.717) is 41.8 Å². The number of Topliss-reactive ketones (excluding diaryl/α,β-unsaturated/α-hetero) is 1. The number of rotatable bonds is 4. The van der Waals surface area contributed by atoms with Gasteiger partial charge >= 0.3 is 5.97 Å². The number of benzene rings is 2. The van der Waals surface area contributed by atoms with Gasteiger partial charge in [-0.3, -0.25) is 19.2 Å². The lowest BCUT2D eigenvalue weighted by Crippen LogP contribution is -2.46. The normalized spacial score (nSPS) is 17.8. The average Bonchev–Trinajstić information content (AvgIpc) is 3.82. The number of pyridine rings is 4. The third-order valence-electron chi connectivity index (χ3n) is 17.2. The van der Waals surface area contributed by atoms with Crippen molar-refractivity contribution in [3.05, 3.63) is 122 Å². The van der Waals surface area contributed by atoms with Gasteiger partial charge in [0.05, 0.1) is 68.9 Å². The smallest absolute Gasteiger partial charge is 0.315 e. The van der Waals surface area contributed by atoms with Gasteiger partial charge in [-0.05, 0) is 197 Å². The highest BCUT2D eigenvalue weighted by Crippen LogP contribution is 2.49. The van der Waals surface area contributed by atoms with Crippen LogP contribution in [0.3, 0.4) is 0 Å². The second-order valence-corrected chi connectivity index (χ2v) is 21.1. The minimum atomic E-state index is -1.58. The number of carbonyl (C=O) groups is 2. The number of aliphatic hydroxyl groups is 2. The Bertz CT molecular complexity index is 3380. The molecule has 67 heavy (non-hydrogen) atoms. The molecular formula is C56H66N4O7. The van der Waals surface area contributed by atoms with Crippen molar-refractivity contribution in [2.24, 2.45) is 10.8 Å². The van der Waals surface area contributed by atoms with Crippen molar-refractivity contribution >= 4 is 33.6 Å².